The SMILES string of the molecule is N=C(N)c1ccc2cc(C(=O)Nc3ccc4[nH]ccc4c3)ccc2c1.O=C(O)C(F)(F)F. The molecule has 0 aliphatic heterocycles. The number of hydrogen-bond donors (Lipinski definition) is 5. The van der Waals surface area contributed by atoms with E-state index in [2.05, 4.69) is 10.3 Å². The molecule has 1 aromatic heterocycles. The van der Waals surface area contributed by atoms with E-state index in [0.717, 1.165) is 27.4 Å². The van der Waals surface area contributed by atoms with Crippen LogP contribution in [0.15, 0.2) is 66.9 Å². The van der Waals surface area contributed by atoms with E-state index in [0.29, 0.717) is 11.1 Å². The zero-order valence-electron chi connectivity index (χ0n) is 16.3. The van der Waals surface area contributed by atoms with Crippen LogP contribution in [0.1, 0.15) is 15.9 Å². The lowest BCUT2D eigenvalue weighted by molar-refractivity contribution is -0.192. The first-order chi connectivity index (χ1) is 15.0. The van der Waals surface area contributed by atoms with Crippen molar-refractivity contribution < 1.29 is 27.9 Å². The van der Waals surface area contributed by atoms with Gasteiger partial charge in [-0.2, -0.15) is 13.2 Å². The van der Waals surface area contributed by atoms with Crippen molar-refractivity contribution in [1.29, 1.82) is 5.41 Å². The normalized spacial score (nSPS) is 11.0. The molecule has 164 valence electrons. The van der Waals surface area contributed by atoms with Crippen LogP contribution >= 0.6 is 0 Å². The predicted octanol–water partition coefficient (Wildman–Crippen LogP) is 4.49. The van der Waals surface area contributed by atoms with Gasteiger partial charge in [0.2, 0.25) is 0 Å². The predicted molar refractivity (Wildman–Crippen MR) is 115 cm³/mol. The molecular formula is C22H17F3N4O3. The van der Waals surface area contributed by atoms with Crippen LogP contribution in [0.2, 0.25) is 0 Å². The molecule has 0 radical (unpaired) electrons. The Labute approximate surface area is 179 Å². The van der Waals surface area contributed by atoms with Crippen molar-refractivity contribution in [2.24, 2.45) is 5.73 Å². The molecule has 4 aromatic rings. The Morgan fingerprint density at radius 3 is 2.09 bits per heavy atom. The Balaban J connectivity index is 0.000000360. The Kier molecular flexibility index (Phi) is 6.15. The number of carboxylic acids is 1. The molecule has 0 aliphatic rings. The first kappa shape index (κ1) is 22.3. The third-order valence-electron chi connectivity index (χ3n) is 4.47. The van der Waals surface area contributed by atoms with Crippen molar-refractivity contribution >= 4 is 45.1 Å². The van der Waals surface area contributed by atoms with Crippen molar-refractivity contribution in [3.8, 4) is 0 Å². The van der Waals surface area contributed by atoms with E-state index >= 15 is 0 Å². The standard InChI is InChI=1S/C20H16N4O.C2HF3O2/c21-19(22)15-3-1-13-10-16(4-2-12(13)9-15)20(25)24-17-5-6-18-14(11-17)7-8-23-18;3-2(4,5)1(6)7/h1-11,23H,(H3,21,22)(H,24,25);(H,6,7). The maximum absolute atomic E-state index is 12.5. The number of aliphatic carboxylic acids is 1. The monoisotopic (exact) mass is 442 g/mol. The zero-order chi connectivity index (χ0) is 23.5. The lowest BCUT2D eigenvalue weighted by Crippen LogP contribution is -2.21. The highest BCUT2D eigenvalue weighted by Gasteiger charge is 2.38. The molecule has 0 aliphatic carbocycles. The Bertz CT molecular complexity index is 1330. The van der Waals surface area contributed by atoms with Crippen LogP contribution < -0.4 is 11.1 Å². The number of aromatic nitrogens is 1. The second-order valence-corrected chi connectivity index (χ2v) is 6.73. The molecule has 6 N–H and O–H groups in total. The van der Waals surface area contributed by atoms with Gasteiger partial charge in [0.05, 0.1) is 0 Å². The Hall–Kier alpha value is -4.34. The van der Waals surface area contributed by atoms with E-state index < -0.39 is 12.1 Å². The summed E-state index contributed by atoms with van der Waals surface area (Å²) in [5.41, 5.74) is 8.56. The molecule has 0 saturated carbocycles. The van der Waals surface area contributed by atoms with Gasteiger partial charge in [0.25, 0.3) is 5.91 Å². The lowest BCUT2D eigenvalue weighted by Gasteiger charge is -2.07. The van der Waals surface area contributed by atoms with E-state index in [1.165, 1.54) is 0 Å². The van der Waals surface area contributed by atoms with Gasteiger partial charge in [-0.3, -0.25) is 10.2 Å². The average Bonchev–Trinajstić information content (AvgIpc) is 3.20. The molecular weight excluding hydrogens is 425 g/mol. The highest BCUT2D eigenvalue weighted by molar-refractivity contribution is 6.07. The fourth-order valence-electron chi connectivity index (χ4n) is 2.89. The van der Waals surface area contributed by atoms with Crippen LogP contribution in [0, 0.1) is 5.41 Å². The summed E-state index contributed by atoms with van der Waals surface area (Å²) in [6.07, 6.45) is -3.21. The first-order valence-corrected chi connectivity index (χ1v) is 9.11. The number of anilines is 1. The van der Waals surface area contributed by atoms with Gasteiger partial charge in [-0.15, -0.1) is 0 Å². The van der Waals surface area contributed by atoms with Gasteiger partial charge >= 0.3 is 12.1 Å². The van der Waals surface area contributed by atoms with Crippen LogP contribution in [0.3, 0.4) is 0 Å². The first-order valence-electron chi connectivity index (χ1n) is 9.11. The average molecular weight is 442 g/mol. The van der Waals surface area contributed by atoms with Gasteiger partial charge in [0.1, 0.15) is 5.84 Å². The largest absolute Gasteiger partial charge is 0.490 e. The summed E-state index contributed by atoms with van der Waals surface area (Å²) >= 11 is 0. The number of carbonyl (C=O) groups is 2. The number of halogens is 3. The third kappa shape index (κ3) is 5.22. The lowest BCUT2D eigenvalue weighted by atomic mass is 10.0. The topological polar surface area (TPSA) is 132 Å². The number of alkyl halides is 3. The van der Waals surface area contributed by atoms with Crippen molar-refractivity contribution in [3.63, 3.8) is 0 Å². The second-order valence-electron chi connectivity index (χ2n) is 6.73. The minimum absolute atomic E-state index is 0.0314. The van der Waals surface area contributed by atoms with E-state index in [-0.39, 0.29) is 11.7 Å². The number of hydrogen-bond acceptors (Lipinski definition) is 3. The van der Waals surface area contributed by atoms with Crippen molar-refractivity contribution in [3.05, 3.63) is 78.0 Å². The second kappa shape index (κ2) is 8.80. The van der Waals surface area contributed by atoms with Crippen LogP contribution in [-0.2, 0) is 4.79 Å². The number of carboxylic acid groups (broad SMARTS) is 1. The number of amides is 1. The van der Waals surface area contributed by atoms with Gasteiger partial charge in [-0.25, -0.2) is 4.79 Å². The molecule has 0 atom stereocenters. The molecule has 1 heterocycles. The van der Waals surface area contributed by atoms with Gasteiger partial charge in [0.15, 0.2) is 0 Å². The number of H-pyrrole nitrogens is 1. The molecule has 1 amide bonds. The van der Waals surface area contributed by atoms with Crippen molar-refractivity contribution in [2.45, 2.75) is 6.18 Å². The van der Waals surface area contributed by atoms with Crippen LogP contribution in [0.5, 0.6) is 0 Å². The smallest absolute Gasteiger partial charge is 0.475 e. The van der Waals surface area contributed by atoms with Gasteiger partial charge < -0.3 is 21.1 Å². The molecule has 7 nitrogen and oxygen atoms in total. The van der Waals surface area contributed by atoms with Gasteiger partial charge in [-0.1, -0.05) is 18.2 Å². The summed E-state index contributed by atoms with van der Waals surface area (Å²) in [6, 6.07) is 18.7. The zero-order valence-corrected chi connectivity index (χ0v) is 16.3. The maximum Gasteiger partial charge on any atom is 0.490 e. The minimum atomic E-state index is -5.08. The highest BCUT2D eigenvalue weighted by Crippen LogP contribution is 2.21. The molecule has 0 spiro atoms. The number of nitrogens with two attached hydrogens (primary N) is 1. The molecule has 32 heavy (non-hydrogen) atoms. The number of benzene rings is 3. The molecule has 0 fully saturated rings. The molecule has 0 bridgehead atoms. The molecule has 3 aromatic carbocycles. The third-order valence-corrected chi connectivity index (χ3v) is 4.47. The summed E-state index contributed by atoms with van der Waals surface area (Å²) in [5.74, 6) is -2.89. The quantitative estimate of drug-likeness (QED) is 0.236. The van der Waals surface area contributed by atoms with E-state index in [9.17, 15) is 18.0 Å². The fraction of sp³-hybridized carbons (Fsp3) is 0.0455. The molecule has 4 rings (SSSR count). The summed E-state index contributed by atoms with van der Waals surface area (Å²) in [5, 5.41) is 20.5. The fourth-order valence-corrected chi connectivity index (χ4v) is 2.89. The minimum Gasteiger partial charge on any atom is -0.475 e. The number of fused-ring (bicyclic) bond motifs is 2. The summed E-state index contributed by atoms with van der Waals surface area (Å²) in [4.78, 5) is 24.6. The van der Waals surface area contributed by atoms with E-state index in [1.54, 1.807) is 12.1 Å². The van der Waals surface area contributed by atoms with Crippen LogP contribution in [-0.4, -0.2) is 34.0 Å². The van der Waals surface area contributed by atoms with Gasteiger partial charge in [-0.05, 0) is 53.2 Å². The van der Waals surface area contributed by atoms with Crippen molar-refractivity contribution in [2.75, 3.05) is 5.32 Å². The van der Waals surface area contributed by atoms with Crippen molar-refractivity contribution in [1.82, 2.24) is 4.98 Å². The highest BCUT2D eigenvalue weighted by atomic mass is 19.4. The molecule has 10 heteroatoms. The van der Waals surface area contributed by atoms with E-state index in [1.807, 2.05) is 54.7 Å². The molecule has 0 saturated heterocycles. The molecule has 0 unspecified atom stereocenters. The summed E-state index contributed by atoms with van der Waals surface area (Å²) in [6.45, 7) is 0. The number of amidine groups is 1. The number of nitrogens with one attached hydrogen (secondary N) is 3. The number of rotatable bonds is 3. The van der Waals surface area contributed by atoms with Crippen LogP contribution in [0.25, 0.3) is 21.7 Å². The summed E-state index contributed by atoms with van der Waals surface area (Å²) < 4.78 is 31.7. The number of nitrogen functional groups attached to an aromatic ring is 1. The Morgan fingerprint density at radius 1 is 0.906 bits per heavy atom. The summed E-state index contributed by atoms with van der Waals surface area (Å²) in [7, 11) is 0. The maximum atomic E-state index is 12.5. The van der Waals surface area contributed by atoms with Gasteiger partial charge in [0, 0.05) is 33.9 Å². The van der Waals surface area contributed by atoms with E-state index in [4.69, 9.17) is 21.0 Å². The number of aromatic amines is 1. The van der Waals surface area contributed by atoms with Crippen LogP contribution in [0.4, 0.5) is 18.9 Å². The number of carbonyl (C=O) groups excluding carboxylic acids is 1. The Morgan fingerprint density at radius 2 is 1.50 bits per heavy atom.